The number of ketones is 1. The summed E-state index contributed by atoms with van der Waals surface area (Å²) in [5.41, 5.74) is 1.44. The molecule has 0 radical (unpaired) electrons. The highest BCUT2D eigenvalue weighted by Crippen LogP contribution is 2.41. The molecule has 1 N–H and O–H groups in total. The Morgan fingerprint density at radius 1 is 1.16 bits per heavy atom. The van der Waals surface area contributed by atoms with Gasteiger partial charge in [-0.3, -0.25) is 4.79 Å². The van der Waals surface area contributed by atoms with E-state index in [1.54, 1.807) is 6.07 Å². The molecule has 19 heavy (non-hydrogen) atoms. The molecule has 1 heterocycles. The van der Waals surface area contributed by atoms with E-state index in [1.165, 1.54) is 12.1 Å². The summed E-state index contributed by atoms with van der Waals surface area (Å²) < 4.78 is 5.80. The molecule has 1 aliphatic heterocycles. The van der Waals surface area contributed by atoms with Gasteiger partial charge in [-0.25, -0.2) is 0 Å². The topological polar surface area (TPSA) is 46.5 Å². The minimum absolute atomic E-state index is 0.0439. The maximum absolute atomic E-state index is 12.6. The minimum atomic E-state index is -0.193. The van der Waals surface area contributed by atoms with Crippen LogP contribution in [0.3, 0.4) is 0 Å². The second-order valence-electron chi connectivity index (χ2n) is 4.65. The fourth-order valence-electron chi connectivity index (χ4n) is 2.51. The highest BCUT2D eigenvalue weighted by Gasteiger charge is 2.29. The normalized spacial score (nSPS) is 17.1. The first-order chi connectivity index (χ1) is 9.20. The average Bonchev–Trinajstić information content (AvgIpc) is 2.52. The van der Waals surface area contributed by atoms with Crippen LogP contribution in [0.5, 0.6) is 17.2 Å². The Hall–Kier alpha value is -2.29. The van der Waals surface area contributed by atoms with Crippen LogP contribution in [0.2, 0.25) is 0 Å². The van der Waals surface area contributed by atoms with Gasteiger partial charge in [0.25, 0.3) is 0 Å². The average molecular weight is 254 g/mol. The first-order valence-corrected chi connectivity index (χ1v) is 6.34. The molecule has 0 fully saturated rings. The Balaban J connectivity index is 2.23. The fraction of sp³-hybridized carbons (Fsp3) is 0.188. The van der Waals surface area contributed by atoms with Crippen LogP contribution < -0.4 is 4.74 Å². The number of carbonyl (C=O) groups excluding carboxylic acids is 1. The molecule has 1 atom stereocenters. The summed E-state index contributed by atoms with van der Waals surface area (Å²) >= 11 is 0. The fourth-order valence-corrected chi connectivity index (χ4v) is 2.51. The summed E-state index contributed by atoms with van der Waals surface area (Å²) in [6.45, 7) is 1.99. The van der Waals surface area contributed by atoms with Crippen LogP contribution in [0, 0.1) is 0 Å². The number of Topliss-reactive ketones (excluding diaryl/α,β-unsaturated/α-hetero) is 1. The standard InChI is InChI=1S/C16H14O3/c1-2-11-12-5-3-4-6-14(12)19-15-9-10(17)7-8-13(15)16(11)18/h3-9,11,17H,2H2,1H3/t11-/m0/s1. The monoisotopic (exact) mass is 254 g/mol. The lowest BCUT2D eigenvalue weighted by molar-refractivity contribution is 0.0958. The molecular formula is C16H14O3. The summed E-state index contributed by atoms with van der Waals surface area (Å²) in [5, 5.41) is 9.55. The Kier molecular flexibility index (Phi) is 2.75. The van der Waals surface area contributed by atoms with Gasteiger partial charge in [-0.2, -0.15) is 0 Å². The number of phenols is 1. The number of para-hydroxylation sites is 1. The number of hydrogen-bond donors (Lipinski definition) is 1. The van der Waals surface area contributed by atoms with Crippen molar-refractivity contribution in [1.29, 1.82) is 0 Å². The van der Waals surface area contributed by atoms with Gasteiger partial charge in [0.05, 0.1) is 11.5 Å². The summed E-state index contributed by atoms with van der Waals surface area (Å²) in [5.74, 6) is 1.06. The molecule has 0 bridgehead atoms. The molecule has 0 saturated carbocycles. The predicted octanol–water partition coefficient (Wildman–Crippen LogP) is 3.87. The zero-order valence-electron chi connectivity index (χ0n) is 10.6. The second-order valence-corrected chi connectivity index (χ2v) is 4.65. The zero-order valence-corrected chi connectivity index (χ0v) is 10.6. The molecule has 1 aliphatic rings. The molecule has 3 heteroatoms. The zero-order chi connectivity index (χ0) is 13.4. The smallest absolute Gasteiger partial charge is 0.174 e. The third kappa shape index (κ3) is 1.87. The van der Waals surface area contributed by atoms with Crippen LogP contribution in [0.25, 0.3) is 0 Å². The van der Waals surface area contributed by atoms with Crippen LogP contribution >= 0.6 is 0 Å². The van der Waals surface area contributed by atoms with Crippen LogP contribution in [0.4, 0.5) is 0 Å². The van der Waals surface area contributed by atoms with Gasteiger partial charge in [0.15, 0.2) is 5.78 Å². The van der Waals surface area contributed by atoms with E-state index in [9.17, 15) is 9.90 Å². The van der Waals surface area contributed by atoms with Crippen molar-refractivity contribution in [1.82, 2.24) is 0 Å². The molecule has 0 amide bonds. The number of hydrogen-bond acceptors (Lipinski definition) is 3. The van der Waals surface area contributed by atoms with Crippen molar-refractivity contribution in [2.75, 3.05) is 0 Å². The molecular weight excluding hydrogens is 240 g/mol. The van der Waals surface area contributed by atoms with Gasteiger partial charge in [-0.1, -0.05) is 25.1 Å². The van der Waals surface area contributed by atoms with Gasteiger partial charge < -0.3 is 9.84 Å². The van der Waals surface area contributed by atoms with Crippen molar-refractivity contribution in [3.63, 3.8) is 0 Å². The van der Waals surface area contributed by atoms with Gasteiger partial charge in [-0.15, -0.1) is 0 Å². The van der Waals surface area contributed by atoms with Crippen LogP contribution in [0.1, 0.15) is 35.2 Å². The first kappa shape index (κ1) is 11.8. The highest BCUT2D eigenvalue weighted by atomic mass is 16.5. The number of carbonyl (C=O) groups is 1. The van der Waals surface area contributed by atoms with Crippen LogP contribution in [-0.4, -0.2) is 10.9 Å². The number of ether oxygens (including phenoxy) is 1. The Morgan fingerprint density at radius 3 is 2.74 bits per heavy atom. The van der Waals surface area contributed by atoms with Gasteiger partial charge in [0.2, 0.25) is 0 Å². The Bertz CT molecular complexity index is 646. The summed E-state index contributed by atoms with van der Waals surface area (Å²) in [4.78, 5) is 12.6. The minimum Gasteiger partial charge on any atom is -0.508 e. The van der Waals surface area contributed by atoms with Gasteiger partial charge in [-0.05, 0) is 24.6 Å². The molecule has 0 unspecified atom stereocenters. The van der Waals surface area contributed by atoms with Crippen molar-refractivity contribution in [3.05, 3.63) is 53.6 Å². The van der Waals surface area contributed by atoms with Crippen molar-refractivity contribution < 1.29 is 14.6 Å². The Morgan fingerprint density at radius 2 is 1.95 bits per heavy atom. The van der Waals surface area contributed by atoms with Crippen LogP contribution in [-0.2, 0) is 0 Å². The lowest BCUT2D eigenvalue weighted by atomic mass is 9.88. The number of aromatic hydroxyl groups is 1. The lowest BCUT2D eigenvalue weighted by Crippen LogP contribution is -2.10. The molecule has 0 aliphatic carbocycles. The third-order valence-corrected chi connectivity index (χ3v) is 3.47. The van der Waals surface area contributed by atoms with E-state index in [-0.39, 0.29) is 17.5 Å². The second kappa shape index (κ2) is 4.43. The predicted molar refractivity (Wildman–Crippen MR) is 72.0 cm³/mol. The van der Waals surface area contributed by atoms with E-state index in [4.69, 9.17) is 4.74 Å². The molecule has 2 aromatic rings. The summed E-state index contributed by atoms with van der Waals surface area (Å²) in [6, 6.07) is 12.2. The molecule has 0 spiro atoms. The molecule has 0 aromatic heterocycles. The number of phenolic OH excluding ortho intramolecular Hbond substituents is 1. The van der Waals surface area contributed by atoms with Gasteiger partial charge in [0.1, 0.15) is 17.2 Å². The van der Waals surface area contributed by atoms with Gasteiger partial charge in [0, 0.05) is 11.6 Å². The molecule has 96 valence electrons. The van der Waals surface area contributed by atoms with E-state index in [0.717, 1.165) is 12.0 Å². The van der Waals surface area contributed by atoms with E-state index >= 15 is 0 Å². The van der Waals surface area contributed by atoms with E-state index in [2.05, 4.69) is 0 Å². The molecule has 3 rings (SSSR count). The Labute approximate surface area is 111 Å². The maximum Gasteiger partial charge on any atom is 0.174 e. The van der Waals surface area contributed by atoms with Gasteiger partial charge >= 0.3 is 0 Å². The number of fused-ring (bicyclic) bond motifs is 2. The lowest BCUT2D eigenvalue weighted by Gasteiger charge is -2.12. The number of benzene rings is 2. The van der Waals surface area contributed by atoms with Crippen LogP contribution in [0.15, 0.2) is 42.5 Å². The van der Waals surface area contributed by atoms with Crippen molar-refractivity contribution in [3.8, 4) is 17.2 Å². The van der Waals surface area contributed by atoms with Crippen molar-refractivity contribution in [2.45, 2.75) is 19.3 Å². The molecule has 2 aromatic carbocycles. The summed E-state index contributed by atoms with van der Waals surface area (Å²) in [7, 11) is 0. The highest BCUT2D eigenvalue weighted by molar-refractivity contribution is 6.04. The van der Waals surface area contributed by atoms with E-state index in [1.807, 2.05) is 31.2 Å². The van der Waals surface area contributed by atoms with E-state index in [0.29, 0.717) is 17.1 Å². The number of rotatable bonds is 1. The quantitative estimate of drug-likeness (QED) is 0.840. The molecule has 0 saturated heterocycles. The van der Waals surface area contributed by atoms with Crippen molar-refractivity contribution >= 4 is 5.78 Å². The molecule has 3 nitrogen and oxygen atoms in total. The SMILES string of the molecule is CC[C@@H]1C(=O)c2ccc(O)cc2Oc2ccccc21. The third-order valence-electron chi connectivity index (χ3n) is 3.47. The maximum atomic E-state index is 12.6. The summed E-state index contributed by atoms with van der Waals surface area (Å²) in [6.07, 6.45) is 0.722. The van der Waals surface area contributed by atoms with Crippen molar-refractivity contribution in [2.24, 2.45) is 0 Å². The first-order valence-electron chi connectivity index (χ1n) is 6.34. The largest absolute Gasteiger partial charge is 0.508 e. The van der Waals surface area contributed by atoms with E-state index < -0.39 is 0 Å².